The van der Waals surface area contributed by atoms with Crippen molar-refractivity contribution in [3.63, 3.8) is 0 Å². The summed E-state index contributed by atoms with van der Waals surface area (Å²) >= 11 is 0. The Labute approximate surface area is 166 Å². The fourth-order valence-corrected chi connectivity index (χ4v) is 7.46. The van der Waals surface area contributed by atoms with Crippen LogP contribution in [-0.2, 0) is 0 Å². The smallest absolute Gasteiger partial charge is 0.00498 e. The van der Waals surface area contributed by atoms with Crippen LogP contribution in [0.1, 0.15) is 35.8 Å². The van der Waals surface area contributed by atoms with Crippen molar-refractivity contribution in [3.8, 4) is 22.3 Å². The molecular formula is C28H24. The maximum Gasteiger partial charge on any atom is -0.00498 e. The molecule has 4 aliphatic rings. The molecule has 0 saturated heterocycles. The van der Waals surface area contributed by atoms with Crippen LogP contribution in [0.5, 0.6) is 0 Å². The van der Waals surface area contributed by atoms with Gasteiger partial charge in [0.05, 0.1) is 0 Å². The largest absolute Gasteiger partial charge is 0.0879 e. The third-order valence-corrected chi connectivity index (χ3v) is 8.29. The third-order valence-electron chi connectivity index (χ3n) is 8.29. The molecule has 0 heteroatoms. The molecular weight excluding hydrogens is 336 g/mol. The number of fused-ring (bicyclic) bond motifs is 13. The quantitative estimate of drug-likeness (QED) is 0.408. The first-order chi connectivity index (χ1) is 13.9. The minimum atomic E-state index is 0.708. The molecule has 0 heterocycles. The summed E-state index contributed by atoms with van der Waals surface area (Å²) in [6.45, 7) is 0. The Hall–Kier alpha value is -2.60. The molecule has 0 unspecified atom stereocenters. The van der Waals surface area contributed by atoms with Gasteiger partial charge in [0.2, 0.25) is 0 Å². The van der Waals surface area contributed by atoms with Crippen molar-refractivity contribution >= 4 is 0 Å². The van der Waals surface area contributed by atoms with Crippen LogP contribution in [0.4, 0.5) is 0 Å². The molecule has 3 aromatic carbocycles. The van der Waals surface area contributed by atoms with Gasteiger partial charge in [-0.05, 0) is 81.7 Å². The van der Waals surface area contributed by atoms with Crippen LogP contribution in [0.15, 0.2) is 84.9 Å². The summed E-state index contributed by atoms with van der Waals surface area (Å²) in [5.74, 6) is 4.84. The van der Waals surface area contributed by atoms with Gasteiger partial charge in [0.15, 0.2) is 0 Å². The summed E-state index contributed by atoms with van der Waals surface area (Å²) < 4.78 is 0. The van der Waals surface area contributed by atoms with Crippen LogP contribution < -0.4 is 0 Å². The van der Waals surface area contributed by atoms with Gasteiger partial charge in [-0.2, -0.15) is 0 Å². The molecule has 0 aromatic heterocycles. The Kier molecular flexibility index (Phi) is 3.00. The molecule has 0 spiro atoms. The van der Waals surface area contributed by atoms with E-state index in [9.17, 15) is 0 Å². The molecule has 0 radical (unpaired) electrons. The summed E-state index contributed by atoms with van der Waals surface area (Å²) in [6, 6.07) is 27.4. The SMILES string of the molecule is C1=C[C@H]2[C@@H](C1)[C@@H]1C[C@H]2[C@H]2c3ccccc3-c3c(-c4ccccc4)cccc3[C@@H]12. The van der Waals surface area contributed by atoms with Crippen LogP contribution in [0.2, 0.25) is 0 Å². The Bertz CT molecular complexity index is 1110. The van der Waals surface area contributed by atoms with Crippen molar-refractivity contribution < 1.29 is 0 Å². The maximum atomic E-state index is 2.56. The summed E-state index contributed by atoms with van der Waals surface area (Å²) in [6.07, 6.45) is 7.77. The molecule has 0 amide bonds. The molecule has 28 heavy (non-hydrogen) atoms. The Balaban J connectivity index is 1.51. The zero-order valence-corrected chi connectivity index (χ0v) is 16.0. The second kappa shape index (κ2) is 5.47. The van der Waals surface area contributed by atoms with Crippen molar-refractivity contribution in [2.45, 2.75) is 24.7 Å². The van der Waals surface area contributed by atoms with Crippen LogP contribution >= 0.6 is 0 Å². The fourth-order valence-electron chi connectivity index (χ4n) is 7.46. The molecule has 2 fully saturated rings. The highest BCUT2D eigenvalue weighted by molar-refractivity contribution is 5.89. The first kappa shape index (κ1) is 15.3. The molecule has 2 saturated carbocycles. The molecule has 6 atom stereocenters. The molecule has 2 bridgehead atoms. The van der Waals surface area contributed by atoms with E-state index in [-0.39, 0.29) is 0 Å². The number of benzene rings is 3. The Morgan fingerprint density at radius 2 is 1.36 bits per heavy atom. The predicted molar refractivity (Wildman–Crippen MR) is 115 cm³/mol. The minimum absolute atomic E-state index is 0.708. The minimum Gasteiger partial charge on any atom is -0.0879 e. The van der Waals surface area contributed by atoms with Gasteiger partial charge in [0.25, 0.3) is 0 Å². The lowest BCUT2D eigenvalue weighted by Crippen LogP contribution is -2.32. The highest BCUT2D eigenvalue weighted by Gasteiger charge is 2.60. The number of hydrogen-bond donors (Lipinski definition) is 0. The summed E-state index contributed by atoms with van der Waals surface area (Å²) in [5.41, 5.74) is 9.01. The van der Waals surface area contributed by atoms with Crippen molar-refractivity contribution in [1.82, 2.24) is 0 Å². The van der Waals surface area contributed by atoms with Gasteiger partial charge in [0, 0.05) is 0 Å². The highest BCUT2D eigenvalue weighted by Crippen LogP contribution is 2.70. The van der Waals surface area contributed by atoms with Gasteiger partial charge >= 0.3 is 0 Å². The van der Waals surface area contributed by atoms with E-state index in [0.717, 1.165) is 23.7 Å². The van der Waals surface area contributed by atoms with Crippen molar-refractivity contribution in [3.05, 3.63) is 96.1 Å². The first-order valence-corrected chi connectivity index (χ1v) is 10.9. The molecule has 0 aliphatic heterocycles. The van der Waals surface area contributed by atoms with Gasteiger partial charge in [-0.25, -0.2) is 0 Å². The van der Waals surface area contributed by atoms with Crippen LogP contribution in [0, 0.1) is 23.7 Å². The van der Waals surface area contributed by atoms with E-state index in [4.69, 9.17) is 0 Å². The molecule has 0 nitrogen and oxygen atoms in total. The zero-order valence-electron chi connectivity index (χ0n) is 16.0. The second-order valence-corrected chi connectivity index (χ2v) is 9.24. The molecule has 3 aromatic rings. The van der Waals surface area contributed by atoms with Gasteiger partial charge in [-0.15, -0.1) is 0 Å². The third kappa shape index (κ3) is 1.82. The zero-order chi connectivity index (χ0) is 18.2. The van der Waals surface area contributed by atoms with Crippen molar-refractivity contribution in [2.75, 3.05) is 0 Å². The second-order valence-electron chi connectivity index (χ2n) is 9.24. The van der Waals surface area contributed by atoms with E-state index in [1.54, 1.807) is 11.1 Å². The van der Waals surface area contributed by atoms with Gasteiger partial charge in [-0.3, -0.25) is 0 Å². The van der Waals surface area contributed by atoms with E-state index < -0.39 is 0 Å². The molecule has 0 N–H and O–H groups in total. The lowest BCUT2D eigenvalue weighted by molar-refractivity contribution is 0.223. The standard InChI is InChI=1S/C28H24/c1-2-8-17(9-3-1)18-12-6-15-23-26(18)21-10-4-5-11-22(21)27-24-16-25(28(23)27)20-14-7-13-19(20)24/h1-13,15,19-20,24-25,27-28H,14,16H2/t19-,20+,24+,25-,27+,28-/m0/s1. The first-order valence-electron chi connectivity index (χ1n) is 10.9. The van der Waals surface area contributed by atoms with Gasteiger partial charge < -0.3 is 0 Å². The van der Waals surface area contributed by atoms with Crippen LogP contribution in [0.3, 0.4) is 0 Å². The summed E-state index contributed by atoms with van der Waals surface area (Å²) in [7, 11) is 0. The average molecular weight is 361 g/mol. The molecule has 136 valence electrons. The monoisotopic (exact) mass is 360 g/mol. The highest BCUT2D eigenvalue weighted by atomic mass is 14.6. The number of hydrogen-bond acceptors (Lipinski definition) is 0. The van der Waals surface area contributed by atoms with E-state index in [1.807, 2.05) is 0 Å². The predicted octanol–water partition coefficient (Wildman–Crippen LogP) is 7.04. The normalized spacial score (nSPS) is 33.3. The Morgan fingerprint density at radius 1 is 0.607 bits per heavy atom. The van der Waals surface area contributed by atoms with Gasteiger partial charge in [0.1, 0.15) is 0 Å². The van der Waals surface area contributed by atoms with E-state index in [1.165, 1.54) is 35.1 Å². The Morgan fingerprint density at radius 3 is 2.29 bits per heavy atom. The lowest BCUT2D eigenvalue weighted by Gasteiger charge is -2.43. The topological polar surface area (TPSA) is 0 Å². The maximum absolute atomic E-state index is 2.56. The van der Waals surface area contributed by atoms with Crippen LogP contribution in [0.25, 0.3) is 22.3 Å². The van der Waals surface area contributed by atoms with E-state index in [2.05, 4.69) is 84.9 Å². The van der Waals surface area contributed by atoms with E-state index >= 15 is 0 Å². The van der Waals surface area contributed by atoms with E-state index in [0.29, 0.717) is 11.8 Å². The summed E-state index contributed by atoms with van der Waals surface area (Å²) in [5, 5.41) is 0. The summed E-state index contributed by atoms with van der Waals surface area (Å²) in [4.78, 5) is 0. The number of rotatable bonds is 1. The van der Waals surface area contributed by atoms with Crippen molar-refractivity contribution in [1.29, 1.82) is 0 Å². The average Bonchev–Trinajstić information content (AvgIpc) is 3.46. The molecule has 4 aliphatic carbocycles. The number of allylic oxidation sites excluding steroid dienone is 2. The van der Waals surface area contributed by atoms with Gasteiger partial charge in [-0.1, -0.05) is 84.9 Å². The van der Waals surface area contributed by atoms with Crippen LogP contribution in [-0.4, -0.2) is 0 Å². The molecule has 7 rings (SSSR count). The van der Waals surface area contributed by atoms with Crippen molar-refractivity contribution in [2.24, 2.45) is 23.7 Å². The fraction of sp³-hybridized carbons (Fsp3) is 0.286. The lowest BCUT2D eigenvalue weighted by atomic mass is 9.60.